The van der Waals surface area contributed by atoms with Crippen molar-refractivity contribution in [3.8, 4) is 0 Å². The van der Waals surface area contributed by atoms with E-state index in [-0.39, 0.29) is 17.6 Å². The molecule has 0 unspecified atom stereocenters. The second kappa shape index (κ2) is 6.03. The summed E-state index contributed by atoms with van der Waals surface area (Å²) in [6, 6.07) is 6.14. The van der Waals surface area contributed by atoms with Gasteiger partial charge in [-0.05, 0) is 37.0 Å². The van der Waals surface area contributed by atoms with Crippen molar-refractivity contribution in [2.45, 2.75) is 31.6 Å². The van der Waals surface area contributed by atoms with Crippen molar-refractivity contribution in [3.05, 3.63) is 35.6 Å². The molecule has 2 amide bonds. The zero-order chi connectivity index (χ0) is 14.6. The molecule has 1 aliphatic carbocycles. The number of benzene rings is 1. The van der Waals surface area contributed by atoms with Gasteiger partial charge in [0.1, 0.15) is 5.82 Å². The van der Waals surface area contributed by atoms with E-state index in [0.29, 0.717) is 19.5 Å². The predicted molar refractivity (Wildman–Crippen MR) is 73.6 cm³/mol. The molecule has 0 aromatic heterocycles. The summed E-state index contributed by atoms with van der Waals surface area (Å²) in [5.74, 6) is -0.367. The maximum atomic E-state index is 12.9. The van der Waals surface area contributed by atoms with Crippen molar-refractivity contribution in [1.29, 1.82) is 0 Å². The van der Waals surface area contributed by atoms with E-state index in [2.05, 4.69) is 10.6 Å². The van der Waals surface area contributed by atoms with Crippen LogP contribution in [0.3, 0.4) is 0 Å². The minimum absolute atomic E-state index is 0.00747. The minimum Gasteiger partial charge on any atom is -0.356 e. The lowest BCUT2D eigenvalue weighted by atomic mass is 9.95. The number of hydrogen-bond donors (Lipinski definition) is 2. The molecule has 1 aliphatic rings. The van der Waals surface area contributed by atoms with E-state index in [1.54, 1.807) is 12.1 Å². The molecule has 0 heterocycles. The summed E-state index contributed by atoms with van der Waals surface area (Å²) in [7, 11) is 0. The molecule has 20 heavy (non-hydrogen) atoms. The Morgan fingerprint density at radius 3 is 2.30 bits per heavy atom. The van der Waals surface area contributed by atoms with Crippen molar-refractivity contribution in [3.63, 3.8) is 0 Å². The summed E-state index contributed by atoms with van der Waals surface area (Å²) in [5, 5.41) is 5.57. The molecule has 2 rings (SSSR count). The Labute approximate surface area is 117 Å². The molecule has 0 saturated heterocycles. The van der Waals surface area contributed by atoms with Crippen LogP contribution in [-0.4, -0.2) is 24.9 Å². The lowest BCUT2D eigenvalue weighted by molar-refractivity contribution is -0.123. The molecule has 1 aromatic carbocycles. The van der Waals surface area contributed by atoms with Gasteiger partial charge in [0.15, 0.2) is 0 Å². The largest absolute Gasteiger partial charge is 0.356 e. The van der Waals surface area contributed by atoms with Crippen molar-refractivity contribution >= 4 is 11.8 Å². The van der Waals surface area contributed by atoms with Crippen LogP contribution >= 0.6 is 0 Å². The molecule has 0 atom stereocenters. The van der Waals surface area contributed by atoms with Gasteiger partial charge in [0.25, 0.3) is 0 Å². The van der Waals surface area contributed by atoms with Crippen LogP contribution in [0.4, 0.5) is 4.39 Å². The van der Waals surface area contributed by atoms with E-state index >= 15 is 0 Å². The van der Waals surface area contributed by atoms with Crippen LogP contribution in [0.1, 0.15) is 31.7 Å². The van der Waals surface area contributed by atoms with Crippen LogP contribution in [-0.2, 0) is 15.0 Å². The van der Waals surface area contributed by atoms with Gasteiger partial charge in [-0.25, -0.2) is 4.39 Å². The molecule has 5 heteroatoms. The highest BCUT2D eigenvalue weighted by Crippen LogP contribution is 2.48. The van der Waals surface area contributed by atoms with Crippen LogP contribution in [0.15, 0.2) is 24.3 Å². The topological polar surface area (TPSA) is 58.2 Å². The molecular weight excluding hydrogens is 259 g/mol. The summed E-state index contributed by atoms with van der Waals surface area (Å²) < 4.78 is 12.9. The Morgan fingerprint density at radius 1 is 1.15 bits per heavy atom. The minimum atomic E-state index is -0.471. The quantitative estimate of drug-likeness (QED) is 0.775. The summed E-state index contributed by atoms with van der Waals surface area (Å²) in [6.07, 6.45) is 2.30. The molecular formula is C15H19FN2O2. The molecule has 4 nitrogen and oxygen atoms in total. The first-order valence-electron chi connectivity index (χ1n) is 6.83. The molecule has 2 N–H and O–H groups in total. The lowest BCUT2D eigenvalue weighted by Crippen LogP contribution is -2.36. The maximum Gasteiger partial charge on any atom is 0.230 e. The fourth-order valence-corrected chi connectivity index (χ4v) is 2.26. The van der Waals surface area contributed by atoms with Crippen molar-refractivity contribution in [2.75, 3.05) is 13.1 Å². The summed E-state index contributed by atoms with van der Waals surface area (Å²) >= 11 is 0. The first-order chi connectivity index (χ1) is 9.54. The number of carbonyl (C=O) groups is 2. The van der Waals surface area contributed by atoms with Gasteiger partial charge in [-0.2, -0.15) is 0 Å². The molecule has 0 spiro atoms. The number of rotatable bonds is 6. The summed E-state index contributed by atoms with van der Waals surface area (Å²) in [5.41, 5.74) is 0.403. The zero-order valence-corrected chi connectivity index (χ0v) is 11.5. The van der Waals surface area contributed by atoms with Gasteiger partial charge < -0.3 is 10.6 Å². The SMILES string of the molecule is CC(=O)NCCCNC(=O)C1(c2ccc(F)cc2)CC1. The van der Waals surface area contributed by atoms with E-state index in [0.717, 1.165) is 18.4 Å². The Bertz CT molecular complexity index is 495. The molecule has 108 valence electrons. The third kappa shape index (κ3) is 3.35. The Balaban J connectivity index is 1.83. The van der Waals surface area contributed by atoms with Crippen molar-refractivity contribution in [2.24, 2.45) is 0 Å². The number of halogens is 1. The van der Waals surface area contributed by atoms with Gasteiger partial charge in [0, 0.05) is 20.0 Å². The smallest absolute Gasteiger partial charge is 0.230 e. The van der Waals surface area contributed by atoms with Gasteiger partial charge in [-0.1, -0.05) is 12.1 Å². The molecule has 1 aromatic rings. The summed E-state index contributed by atoms with van der Waals surface area (Å²) in [6.45, 7) is 2.55. The van der Waals surface area contributed by atoms with Gasteiger partial charge >= 0.3 is 0 Å². The van der Waals surface area contributed by atoms with Crippen LogP contribution in [0, 0.1) is 5.82 Å². The highest BCUT2D eigenvalue weighted by Gasteiger charge is 2.50. The highest BCUT2D eigenvalue weighted by molar-refractivity contribution is 5.91. The second-order valence-electron chi connectivity index (χ2n) is 5.18. The van der Waals surface area contributed by atoms with Crippen LogP contribution < -0.4 is 10.6 Å². The normalized spacial score (nSPS) is 15.5. The van der Waals surface area contributed by atoms with Crippen LogP contribution in [0.5, 0.6) is 0 Å². The van der Waals surface area contributed by atoms with Crippen LogP contribution in [0.2, 0.25) is 0 Å². The average molecular weight is 278 g/mol. The molecule has 1 fully saturated rings. The third-order valence-electron chi connectivity index (χ3n) is 3.59. The van der Waals surface area contributed by atoms with E-state index in [9.17, 15) is 14.0 Å². The number of hydrogen-bond acceptors (Lipinski definition) is 2. The summed E-state index contributed by atoms with van der Waals surface area (Å²) in [4.78, 5) is 22.9. The molecule has 1 saturated carbocycles. The van der Waals surface area contributed by atoms with Gasteiger partial charge in [-0.15, -0.1) is 0 Å². The number of nitrogens with one attached hydrogen (secondary N) is 2. The fraction of sp³-hybridized carbons (Fsp3) is 0.467. The Morgan fingerprint density at radius 2 is 1.75 bits per heavy atom. The van der Waals surface area contributed by atoms with Gasteiger partial charge in [-0.3, -0.25) is 9.59 Å². The number of carbonyl (C=O) groups excluding carboxylic acids is 2. The van der Waals surface area contributed by atoms with Gasteiger partial charge in [0.05, 0.1) is 5.41 Å². The van der Waals surface area contributed by atoms with E-state index in [4.69, 9.17) is 0 Å². The lowest BCUT2D eigenvalue weighted by Gasteiger charge is -2.15. The van der Waals surface area contributed by atoms with Crippen LogP contribution in [0.25, 0.3) is 0 Å². The van der Waals surface area contributed by atoms with Crippen molar-refractivity contribution < 1.29 is 14.0 Å². The fourth-order valence-electron chi connectivity index (χ4n) is 2.26. The van der Waals surface area contributed by atoms with E-state index < -0.39 is 5.41 Å². The molecule has 0 aliphatic heterocycles. The van der Waals surface area contributed by atoms with Crippen molar-refractivity contribution in [1.82, 2.24) is 10.6 Å². The van der Waals surface area contributed by atoms with E-state index in [1.165, 1.54) is 19.1 Å². The average Bonchev–Trinajstić information content (AvgIpc) is 3.20. The monoisotopic (exact) mass is 278 g/mol. The highest BCUT2D eigenvalue weighted by atomic mass is 19.1. The third-order valence-corrected chi connectivity index (χ3v) is 3.59. The Hall–Kier alpha value is -1.91. The Kier molecular flexibility index (Phi) is 4.37. The number of amides is 2. The predicted octanol–water partition coefficient (Wildman–Crippen LogP) is 1.50. The standard InChI is InChI=1S/C15H19FN2O2/c1-11(19)17-9-2-10-18-14(20)15(7-8-15)12-3-5-13(16)6-4-12/h3-6H,2,7-10H2,1H3,(H,17,19)(H,18,20). The second-order valence-corrected chi connectivity index (χ2v) is 5.18. The van der Waals surface area contributed by atoms with E-state index in [1.807, 2.05) is 0 Å². The maximum absolute atomic E-state index is 12.9. The first-order valence-corrected chi connectivity index (χ1v) is 6.83. The zero-order valence-electron chi connectivity index (χ0n) is 11.5. The van der Waals surface area contributed by atoms with Gasteiger partial charge in [0.2, 0.25) is 11.8 Å². The first kappa shape index (κ1) is 14.5. The molecule has 0 radical (unpaired) electrons. The molecule has 0 bridgehead atoms.